The molecule has 2 rings (SSSR count). The van der Waals surface area contributed by atoms with Crippen LogP contribution in [0.15, 0.2) is 28.0 Å². The van der Waals surface area contributed by atoms with Crippen molar-refractivity contribution in [3.8, 4) is 0 Å². The number of ether oxygens (including phenoxy) is 1. The Morgan fingerprint density at radius 3 is 2.67 bits per heavy atom. The summed E-state index contributed by atoms with van der Waals surface area (Å²) in [5.74, 6) is 0. The molecule has 1 heterocycles. The SMILES string of the molecule is CC1OCCC1Sc1ccc(S(C)(=O)=O)cc1N. The van der Waals surface area contributed by atoms with Crippen molar-refractivity contribution in [1.82, 2.24) is 0 Å². The average molecular weight is 287 g/mol. The largest absolute Gasteiger partial charge is 0.398 e. The number of benzene rings is 1. The number of anilines is 1. The Hall–Kier alpha value is -0.720. The first kappa shape index (κ1) is 13.7. The molecule has 2 N–H and O–H groups in total. The highest BCUT2D eigenvalue weighted by Gasteiger charge is 2.25. The van der Waals surface area contributed by atoms with Crippen LogP contribution in [0.3, 0.4) is 0 Å². The summed E-state index contributed by atoms with van der Waals surface area (Å²) in [6, 6.07) is 4.91. The van der Waals surface area contributed by atoms with E-state index in [2.05, 4.69) is 0 Å². The third-order valence-electron chi connectivity index (χ3n) is 2.99. The first-order valence-corrected chi connectivity index (χ1v) is 8.53. The van der Waals surface area contributed by atoms with Gasteiger partial charge in [0, 0.05) is 28.7 Å². The average Bonchev–Trinajstić information content (AvgIpc) is 2.66. The number of sulfone groups is 1. The van der Waals surface area contributed by atoms with Crippen molar-refractivity contribution in [1.29, 1.82) is 0 Å². The van der Waals surface area contributed by atoms with Crippen molar-refractivity contribution in [2.45, 2.75) is 34.5 Å². The lowest BCUT2D eigenvalue weighted by Gasteiger charge is -2.15. The van der Waals surface area contributed by atoms with Gasteiger partial charge in [0.15, 0.2) is 9.84 Å². The van der Waals surface area contributed by atoms with Gasteiger partial charge in [-0.05, 0) is 31.5 Å². The smallest absolute Gasteiger partial charge is 0.175 e. The van der Waals surface area contributed by atoms with E-state index in [1.165, 1.54) is 12.3 Å². The number of nitrogens with two attached hydrogens (primary N) is 1. The first-order chi connectivity index (χ1) is 8.38. The lowest BCUT2D eigenvalue weighted by Crippen LogP contribution is -2.13. The van der Waals surface area contributed by atoms with Gasteiger partial charge in [-0.25, -0.2) is 8.42 Å². The van der Waals surface area contributed by atoms with E-state index in [1.54, 1.807) is 23.9 Å². The van der Waals surface area contributed by atoms with Crippen LogP contribution in [0.1, 0.15) is 13.3 Å². The van der Waals surface area contributed by atoms with E-state index in [4.69, 9.17) is 10.5 Å². The second-order valence-electron chi connectivity index (χ2n) is 4.49. The maximum Gasteiger partial charge on any atom is 0.175 e. The predicted octanol–water partition coefficient (Wildman–Crippen LogP) is 1.94. The molecule has 0 radical (unpaired) electrons. The van der Waals surface area contributed by atoms with Crippen LogP contribution in [-0.4, -0.2) is 32.6 Å². The Bertz CT molecular complexity index is 542. The Kier molecular flexibility index (Phi) is 3.89. The minimum Gasteiger partial charge on any atom is -0.398 e. The van der Waals surface area contributed by atoms with Crippen molar-refractivity contribution in [3.05, 3.63) is 18.2 Å². The molecule has 1 aliphatic rings. The molecule has 1 aromatic carbocycles. The Morgan fingerprint density at radius 2 is 2.17 bits per heavy atom. The Labute approximate surface area is 112 Å². The molecular weight excluding hydrogens is 270 g/mol. The van der Waals surface area contributed by atoms with Crippen molar-refractivity contribution in [2.24, 2.45) is 0 Å². The van der Waals surface area contributed by atoms with E-state index in [0.29, 0.717) is 10.9 Å². The van der Waals surface area contributed by atoms with Gasteiger partial charge in [-0.15, -0.1) is 11.8 Å². The molecule has 0 amide bonds. The van der Waals surface area contributed by atoms with Crippen LogP contribution in [0.4, 0.5) is 5.69 Å². The molecule has 0 bridgehead atoms. The van der Waals surface area contributed by atoms with Gasteiger partial charge < -0.3 is 10.5 Å². The normalized spacial score (nSPS) is 24.3. The van der Waals surface area contributed by atoms with E-state index in [0.717, 1.165) is 17.9 Å². The molecular formula is C12H17NO3S2. The summed E-state index contributed by atoms with van der Waals surface area (Å²) in [4.78, 5) is 1.19. The van der Waals surface area contributed by atoms with E-state index in [1.807, 2.05) is 6.92 Å². The van der Waals surface area contributed by atoms with Crippen molar-refractivity contribution < 1.29 is 13.2 Å². The zero-order valence-electron chi connectivity index (χ0n) is 10.4. The molecule has 0 aliphatic carbocycles. The lowest BCUT2D eigenvalue weighted by atomic mass is 10.3. The van der Waals surface area contributed by atoms with Gasteiger partial charge in [-0.2, -0.15) is 0 Å². The number of nitrogen functional groups attached to an aromatic ring is 1. The Balaban J connectivity index is 2.20. The quantitative estimate of drug-likeness (QED) is 0.860. The van der Waals surface area contributed by atoms with Crippen LogP contribution in [0, 0.1) is 0 Å². The monoisotopic (exact) mass is 287 g/mol. The van der Waals surface area contributed by atoms with Crippen LogP contribution in [0.2, 0.25) is 0 Å². The van der Waals surface area contributed by atoms with Gasteiger partial charge in [-0.1, -0.05) is 0 Å². The number of hydrogen-bond donors (Lipinski definition) is 1. The molecule has 0 spiro atoms. The number of hydrogen-bond acceptors (Lipinski definition) is 5. The zero-order chi connectivity index (χ0) is 13.3. The second kappa shape index (κ2) is 5.11. The van der Waals surface area contributed by atoms with Crippen LogP contribution in [-0.2, 0) is 14.6 Å². The lowest BCUT2D eigenvalue weighted by molar-refractivity contribution is 0.127. The molecule has 6 heteroatoms. The van der Waals surface area contributed by atoms with E-state index in [9.17, 15) is 8.42 Å². The summed E-state index contributed by atoms with van der Waals surface area (Å²) in [7, 11) is -3.19. The molecule has 1 fully saturated rings. The summed E-state index contributed by atoms with van der Waals surface area (Å²) in [5.41, 5.74) is 6.43. The molecule has 2 atom stereocenters. The van der Waals surface area contributed by atoms with Crippen LogP contribution in [0.25, 0.3) is 0 Å². The van der Waals surface area contributed by atoms with Crippen molar-refractivity contribution in [3.63, 3.8) is 0 Å². The van der Waals surface area contributed by atoms with Gasteiger partial charge in [0.1, 0.15) is 0 Å². The fraction of sp³-hybridized carbons (Fsp3) is 0.500. The minimum atomic E-state index is -3.19. The van der Waals surface area contributed by atoms with Crippen LogP contribution < -0.4 is 5.73 Å². The summed E-state index contributed by atoms with van der Waals surface area (Å²) in [5, 5.41) is 0.386. The maximum atomic E-state index is 11.4. The van der Waals surface area contributed by atoms with Gasteiger partial charge in [0.05, 0.1) is 11.0 Å². The van der Waals surface area contributed by atoms with Gasteiger partial charge in [0.2, 0.25) is 0 Å². The molecule has 1 aliphatic heterocycles. The molecule has 1 aromatic rings. The van der Waals surface area contributed by atoms with Gasteiger partial charge >= 0.3 is 0 Å². The third-order valence-corrected chi connectivity index (χ3v) is 5.65. The third kappa shape index (κ3) is 2.99. The van der Waals surface area contributed by atoms with Crippen LogP contribution in [0.5, 0.6) is 0 Å². The molecule has 1 saturated heterocycles. The molecule has 2 unspecified atom stereocenters. The molecule has 18 heavy (non-hydrogen) atoms. The van der Waals surface area contributed by atoms with Crippen molar-refractivity contribution in [2.75, 3.05) is 18.6 Å². The fourth-order valence-corrected chi connectivity index (χ4v) is 3.70. The summed E-state index contributed by atoms with van der Waals surface area (Å²) in [6.07, 6.45) is 2.39. The topological polar surface area (TPSA) is 69.4 Å². The van der Waals surface area contributed by atoms with E-state index >= 15 is 0 Å². The summed E-state index contributed by atoms with van der Waals surface area (Å²) in [6.45, 7) is 2.83. The van der Waals surface area contributed by atoms with Gasteiger partial charge in [0.25, 0.3) is 0 Å². The predicted molar refractivity (Wildman–Crippen MR) is 73.6 cm³/mol. The summed E-state index contributed by atoms with van der Waals surface area (Å²) >= 11 is 1.66. The zero-order valence-corrected chi connectivity index (χ0v) is 12.1. The fourth-order valence-electron chi connectivity index (χ4n) is 1.89. The molecule has 100 valence electrons. The highest BCUT2D eigenvalue weighted by Crippen LogP contribution is 2.36. The molecule has 4 nitrogen and oxygen atoms in total. The number of rotatable bonds is 3. The van der Waals surface area contributed by atoms with E-state index in [-0.39, 0.29) is 11.0 Å². The molecule has 0 aromatic heterocycles. The molecule has 0 saturated carbocycles. The highest BCUT2D eigenvalue weighted by molar-refractivity contribution is 8.00. The first-order valence-electron chi connectivity index (χ1n) is 5.76. The van der Waals surface area contributed by atoms with Gasteiger partial charge in [-0.3, -0.25) is 0 Å². The Morgan fingerprint density at radius 1 is 1.44 bits per heavy atom. The maximum absolute atomic E-state index is 11.4. The second-order valence-corrected chi connectivity index (χ2v) is 7.79. The van der Waals surface area contributed by atoms with E-state index < -0.39 is 9.84 Å². The van der Waals surface area contributed by atoms with Crippen LogP contribution >= 0.6 is 11.8 Å². The van der Waals surface area contributed by atoms with Crippen molar-refractivity contribution >= 4 is 27.3 Å². The standard InChI is InChI=1S/C12H17NO3S2/c1-8-11(5-6-16-8)17-12-4-3-9(7-10(12)13)18(2,14)15/h3-4,7-8,11H,5-6,13H2,1-2H3. The summed E-state index contributed by atoms with van der Waals surface area (Å²) < 4.78 is 28.3. The number of thioether (sulfide) groups is 1. The minimum absolute atomic E-state index is 0.212. The highest BCUT2D eigenvalue weighted by atomic mass is 32.2.